The summed E-state index contributed by atoms with van der Waals surface area (Å²) in [6.45, 7) is 5.93. The zero-order valence-corrected chi connectivity index (χ0v) is 23.1. The first-order valence-electron chi connectivity index (χ1n) is 12.6. The molecule has 0 bridgehead atoms. The molecule has 0 radical (unpaired) electrons. The van der Waals surface area contributed by atoms with Crippen molar-refractivity contribution in [1.82, 2.24) is 4.98 Å². The average molecular weight is 550 g/mol. The third-order valence-electron chi connectivity index (χ3n) is 6.24. The first kappa shape index (κ1) is 26.9. The number of hydrogen-bond donors (Lipinski definition) is 0. The van der Waals surface area contributed by atoms with Crippen LogP contribution in [-0.2, 0) is 9.47 Å². The fraction of sp³-hybridized carbons (Fsp3) is 0.258. The highest BCUT2D eigenvalue weighted by Gasteiger charge is 2.33. The van der Waals surface area contributed by atoms with Crippen molar-refractivity contribution in [2.45, 2.75) is 71.2 Å². The zero-order valence-electron chi connectivity index (χ0n) is 21.5. The third kappa shape index (κ3) is 6.12. The molecule has 3 aromatic carbocycles. The minimum atomic E-state index is -0.684. The van der Waals surface area contributed by atoms with E-state index in [4.69, 9.17) is 9.47 Å². The summed E-state index contributed by atoms with van der Waals surface area (Å²) in [6.07, 6.45) is 7.19. The minimum absolute atomic E-state index is 0.0569. The van der Waals surface area contributed by atoms with Crippen LogP contribution < -0.4 is 0 Å². The van der Waals surface area contributed by atoms with Crippen LogP contribution in [-0.4, -0.2) is 23.0 Å². The second-order valence-electron chi connectivity index (χ2n) is 9.57. The number of nitrogens with zero attached hydrogens (tertiary/aromatic N) is 1. The molecular formula is C31H29F2NO2S2. The van der Waals surface area contributed by atoms with Crippen molar-refractivity contribution in [3.8, 4) is 0 Å². The van der Waals surface area contributed by atoms with E-state index in [2.05, 4.69) is 11.9 Å². The summed E-state index contributed by atoms with van der Waals surface area (Å²) in [5, 5.41) is 0.438. The fourth-order valence-corrected chi connectivity index (χ4v) is 6.41. The van der Waals surface area contributed by atoms with Crippen LogP contribution in [0.4, 0.5) is 8.78 Å². The van der Waals surface area contributed by atoms with Crippen LogP contribution in [0.2, 0.25) is 0 Å². The first-order valence-corrected chi connectivity index (χ1v) is 14.3. The Labute approximate surface area is 230 Å². The van der Waals surface area contributed by atoms with Gasteiger partial charge in [0.1, 0.15) is 11.3 Å². The van der Waals surface area contributed by atoms with Crippen LogP contribution in [0.15, 0.2) is 98.6 Å². The lowest BCUT2D eigenvalue weighted by molar-refractivity contribution is -0.290. The number of ether oxygens (including phenoxy) is 2. The summed E-state index contributed by atoms with van der Waals surface area (Å²) in [5.74, 6) is -1.95. The van der Waals surface area contributed by atoms with Crippen LogP contribution in [0.1, 0.15) is 39.2 Å². The molecule has 0 saturated carbocycles. The van der Waals surface area contributed by atoms with Gasteiger partial charge in [-0.25, -0.2) is 8.78 Å². The number of aromatic nitrogens is 1. The molecule has 0 amide bonds. The minimum Gasteiger partial charge on any atom is -0.347 e. The fourth-order valence-electron chi connectivity index (χ4n) is 4.51. The van der Waals surface area contributed by atoms with Gasteiger partial charge < -0.3 is 9.47 Å². The highest BCUT2D eigenvalue weighted by molar-refractivity contribution is 7.99. The van der Waals surface area contributed by atoms with Gasteiger partial charge >= 0.3 is 0 Å². The molecule has 1 saturated heterocycles. The molecule has 38 heavy (non-hydrogen) atoms. The van der Waals surface area contributed by atoms with Gasteiger partial charge in [0.25, 0.3) is 0 Å². The van der Waals surface area contributed by atoms with Crippen LogP contribution in [0.25, 0.3) is 17.0 Å². The number of fused-ring (bicyclic) bond motifs is 1. The van der Waals surface area contributed by atoms with Crippen molar-refractivity contribution in [3.05, 3.63) is 96.2 Å². The van der Waals surface area contributed by atoms with Gasteiger partial charge in [-0.1, -0.05) is 79.0 Å². The van der Waals surface area contributed by atoms with Crippen LogP contribution in [0.3, 0.4) is 0 Å². The summed E-state index contributed by atoms with van der Waals surface area (Å²) >= 11 is 2.53. The van der Waals surface area contributed by atoms with Crippen LogP contribution >= 0.6 is 23.5 Å². The van der Waals surface area contributed by atoms with Gasteiger partial charge in [-0.05, 0) is 50.6 Å². The molecule has 2 atom stereocenters. The maximum Gasteiger partial charge on any atom is 0.166 e. The van der Waals surface area contributed by atoms with E-state index in [0.717, 1.165) is 44.9 Å². The third-order valence-corrected chi connectivity index (χ3v) is 8.50. The molecule has 7 heteroatoms. The van der Waals surface area contributed by atoms with E-state index in [0.29, 0.717) is 5.39 Å². The summed E-state index contributed by atoms with van der Waals surface area (Å²) in [4.78, 5) is 6.87. The molecule has 0 N–H and O–H groups in total. The van der Waals surface area contributed by atoms with E-state index in [1.165, 1.54) is 17.8 Å². The molecule has 1 aliphatic rings. The van der Waals surface area contributed by atoms with E-state index in [1.54, 1.807) is 6.20 Å². The Kier molecular flexibility index (Phi) is 8.19. The quantitative estimate of drug-likeness (QED) is 0.229. The highest BCUT2D eigenvalue weighted by Crippen LogP contribution is 2.41. The van der Waals surface area contributed by atoms with Crippen LogP contribution in [0.5, 0.6) is 0 Å². The number of benzene rings is 3. The van der Waals surface area contributed by atoms with Gasteiger partial charge in [0.15, 0.2) is 11.6 Å². The van der Waals surface area contributed by atoms with Gasteiger partial charge in [-0.2, -0.15) is 0 Å². The predicted octanol–water partition coefficient (Wildman–Crippen LogP) is 9.15. The molecule has 0 spiro atoms. The summed E-state index contributed by atoms with van der Waals surface area (Å²) in [7, 11) is 0. The molecule has 3 nitrogen and oxygen atoms in total. The van der Waals surface area contributed by atoms with Crippen molar-refractivity contribution in [3.63, 3.8) is 0 Å². The SMILES string of the molecule is CC[C@H]1C[C@@H](/C=C/c2cnc3c(F)c(Sc4ccccc4)c(F)cc3c2Sc2ccccc2)OC(C)(C)O1. The molecule has 0 unspecified atom stereocenters. The van der Waals surface area contributed by atoms with Crippen molar-refractivity contribution in [2.24, 2.45) is 0 Å². The first-order chi connectivity index (χ1) is 18.3. The molecule has 4 aromatic rings. The second kappa shape index (κ2) is 11.6. The highest BCUT2D eigenvalue weighted by atomic mass is 32.2. The molecule has 1 aliphatic heterocycles. The molecule has 5 rings (SSSR count). The van der Waals surface area contributed by atoms with E-state index < -0.39 is 17.4 Å². The summed E-state index contributed by atoms with van der Waals surface area (Å²) < 4.78 is 43.2. The Morgan fingerprint density at radius 3 is 2.21 bits per heavy atom. The average Bonchev–Trinajstić information content (AvgIpc) is 2.91. The lowest BCUT2D eigenvalue weighted by atomic mass is 10.0. The number of hydrogen-bond acceptors (Lipinski definition) is 5. The number of halogens is 2. The Balaban J connectivity index is 1.57. The Morgan fingerprint density at radius 2 is 1.58 bits per heavy atom. The van der Waals surface area contributed by atoms with Gasteiger partial charge in [0.05, 0.1) is 17.1 Å². The van der Waals surface area contributed by atoms with Crippen molar-refractivity contribution in [2.75, 3.05) is 0 Å². The summed E-state index contributed by atoms with van der Waals surface area (Å²) in [6, 6.07) is 20.4. The van der Waals surface area contributed by atoms with E-state index in [-0.39, 0.29) is 22.6 Å². The number of rotatable bonds is 7. The van der Waals surface area contributed by atoms with Gasteiger partial charge in [0.2, 0.25) is 0 Å². The summed E-state index contributed by atoms with van der Waals surface area (Å²) in [5.41, 5.74) is 0.921. The number of pyridine rings is 1. The Morgan fingerprint density at radius 1 is 0.947 bits per heavy atom. The predicted molar refractivity (Wildman–Crippen MR) is 151 cm³/mol. The molecular weight excluding hydrogens is 520 g/mol. The normalized spacial score (nSPS) is 19.3. The Hall–Kier alpha value is -2.71. The smallest absolute Gasteiger partial charge is 0.166 e. The lowest BCUT2D eigenvalue weighted by Gasteiger charge is -2.39. The zero-order chi connectivity index (χ0) is 26.7. The molecule has 2 heterocycles. The van der Waals surface area contributed by atoms with Crippen molar-refractivity contribution < 1.29 is 18.3 Å². The van der Waals surface area contributed by atoms with Crippen LogP contribution in [0, 0.1) is 11.6 Å². The maximum atomic E-state index is 15.7. The monoisotopic (exact) mass is 549 g/mol. The molecule has 0 aliphatic carbocycles. The largest absolute Gasteiger partial charge is 0.347 e. The van der Waals surface area contributed by atoms with E-state index in [1.807, 2.05) is 86.7 Å². The molecule has 1 aromatic heterocycles. The standard InChI is InChI=1S/C31H29F2NO2S2/c1-4-21-17-22(36-31(2,3)35-21)16-15-20-19-34-28-25(29(20)37-23-11-7-5-8-12-23)18-26(32)30(27(28)33)38-24-13-9-6-10-14-24/h5-16,18-19,21-22H,4,17H2,1-3H3/b16-15+/t21-,22+/m0/s1. The second-order valence-corrected chi connectivity index (χ2v) is 11.7. The molecule has 1 fully saturated rings. The Bertz CT molecular complexity index is 1450. The van der Waals surface area contributed by atoms with Crippen molar-refractivity contribution >= 4 is 40.5 Å². The van der Waals surface area contributed by atoms with E-state index >= 15 is 8.78 Å². The molecule has 196 valence electrons. The van der Waals surface area contributed by atoms with Gasteiger partial charge in [-0.15, -0.1) is 0 Å². The maximum absolute atomic E-state index is 15.7. The van der Waals surface area contributed by atoms with Gasteiger partial charge in [0, 0.05) is 38.3 Å². The topological polar surface area (TPSA) is 31.4 Å². The van der Waals surface area contributed by atoms with Gasteiger partial charge in [-0.3, -0.25) is 4.98 Å². The lowest BCUT2D eigenvalue weighted by Crippen LogP contribution is -2.43. The van der Waals surface area contributed by atoms with Crippen molar-refractivity contribution in [1.29, 1.82) is 0 Å². The van der Waals surface area contributed by atoms with E-state index in [9.17, 15) is 0 Å².